The normalized spacial score (nSPS) is 31.8. The van der Waals surface area contributed by atoms with Crippen LogP contribution in [0.4, 0.5) is 0 Å². The molecule has 2 atom stereocenters. The van der Waals surface area contributed by atoms with E-state index in [1.54, 1.807) is 0 Å². The van der Waals surface area contributed by atoms with E-state index in [9.17, 15) is 4.79 Å². The highest BCUT2D eigenvalue weighted by atomic mass is 16.2. The number of piperidine rings is 1. The third-order valence-electron chi connectivity index (χ3n) is 5.66. The second-order valence-electron chi connectivity index (χ2n) is 7.05. The Kier molecular flexibility index (Phi) is 4.82. The molecule has 3 saturated heterocycles. The lowest BCUT2D eigenvalue weighted by Crippen LogP contribution is -2.42. The number of carbonyl (C=O) groups is 1. The Hall–Kier alpha value is -0.650. The zero-order valence-electron chi connectivity index (χ0n) is 13.6. The van der Waals surface area contributed by atoms with Gasteiger partial charge in [-0.15, -0.1) is 0 Å². The third-order valence-corrected chi connectivity index (χ3v) is 5.66. The summed E-state index contributed by atoms with van der Waals surface area (Å²) in [5, 5.41) is 2.36. The van der Waals surface area contributed by atoms with Gasteiger partial charge in [-0.25, -0.2) is 5.01 Å². The van der Waals surface area contributed by atoms with Gasteiger partial charge in [-0.1, -0.05) is 6.92 Å². The fourth-order valence-corrected chi connectivity index (χ4v) is 4.38. The number of hydrazine groups is 1. The molecule has 1 N–H and O–H groups in total. The Morgan fingerprint density at radius 2 is 1.71 bits per heavy atom. The first-order chi connectivity index (χ1) is 10.2. The maximum atomic E-state index is 11.7. The highest BCUT2D eigenvalue weighted by Crippen LogP contribution is 2.31. The van der Waals surface area contributed by atoms with Gasteiger partial charge in [0.15, 0.2) is 0 Å². The molecule has 3 aliphatic heterocycles. The summed E-state index contributed by atoms with van der Waals surface area (Å²) in [6.07, 6.45) is 3.04. The van der Waals surface area contributed by atoms with E-state index in [0.29, 0.717) is 12.3 Å². The molecular weight excluding hydrogens is 264 g/mol. The first-order valence-electron chi connectivity index (χ1n) is 8.62. The zero-order valence-corrected chi connectivity index (χ0v) is 13.6. The molecule has 5 heteroatoms. The summed E-state index contributed by atoms with van der Waals surface area (Å²) >= 11 is 0. The zero-order chi connectivity index (χ0) is 14.8. The first-order valence-corrected chi connectivity index (χ1v) is 8.62. The van der Waals surface area contributed by atoms with Crippen molar-refractivity contribution in [1.29, 1.82) is 0 Å². The van der Waals surface area contributed by atoms with Gasteiger partial charge in [0.2, 0.25) is 5.91 Å². The molecule has 1 amide bonds. The number of rotatable bonds is 4. The van der Waals surface area contributed by atoms with Crippen molar-refractivity contribution >= 4 is 5.91 Å². The lowest BCUT2D eigenvalue weighted by atomic mass is 9.96. The standard InChI is InChI=1S/C16H30N4O/c1-3-16(21)19-6-4-13(5-7-19)8-18-9-14-11-20(17-2)12-15(14)10-18/h13-15,17H,3-12H2,1-2H3. The van der Waals surface area contributed by atoms with E-state index in [1.807, 2.05) is 14.0 Å². The average molecular weight is 294 g/mol. The second kappa shape index (κ2) is 6.63. The lowest BCUT2D eigenvalue weighted by molar-refractivity contribution is -0.132. The number of likely N-dealkylation sites (tertiary alicyclic amines) is 2. The van der Waals surface area contributed by atoms with Gasteiger partial charge >= 0.3 is 0 Å². The molecule has 0 aliphatic carbocycles. The number of nitrogens with one attached hydrogen (secondary N) is 1. The van der Waals surface area contributed by atoms with E-state index in [0.717, 1.165) is 30.8 Å². The summed E-state index contributed by atoms with van der Waals surface area (Å²) in [5.41, 5.74) is 3.29. The number of fused-ring (bicyclic) bond motifs is 1. The largest absolute Gasteiger partial charge is 0.343 e. The highest BCUT2D eigenvalue weighted by molar-refractivity contribution is 5.75. The summed E-state index contributed by atoms with van der Waals surface area (Å²) in [6, 6.07) is 0. The van der Waals surface area contributed by atoms with Crippen LogP contribution in [0.5, 0.6) is 0 Å². The van der Waals surface area contributed by atoms with E-state index >= 15 is 0 Å². The monoisotopic (exact) mass is 294 g/mol. The fraction of sp³-hybridized carbons (Fsp3) is 0.938. The van der Waals surface area contributed by atoms with Crippen molar-refractivity contribution in [1.82, 2.24) is 20.2 Å². The van der Waals surface area contributed by atoms with Crippen LogP contribution in [0.1, 0.15) is 26.2 Å². The predicted molar refractivity (Wildman–Crippen MR) is 83.6 cm³/mol. The number of hydrogen-bond acceptors (Lipinski definition) is 4. The average Bonchev–Trinajstić information content (AvgIpc) is 3.05. The minimum absolute atomic E-state index is 0.330. The van der Waals surface area contributed by atoms with Gasteiger partial charge in [-0.3, -0.25) is 10.2 Å². The molecule has 120 valence electrons. The van der Waals surface area contributed by atoms with Gasteiger partial charge in [0.05, 0.1) is 0 Å². The van der Waals surface area contributed by atoms with E-state index in [-0.39, 0.29) is 0 Å². The smallest absolute Gasteiger partial charge is 0.222 e. The van der Waals surface area contributed by atoms with Gasteiger partial charge in [-0.05, 0) is 37.6 Å². The van der Waals surface area contributed by atoms with Crippen LogP contribution in [0.3, 0.4) is 0 Å². The van der Waals surface area contributed by atoms with Crippen LogP contribution >= 0.6 is 0 Å². The summed E-state index contributed by atoms with van der Waals surface area (Å²) in [4.78, 5) is 16.5. The van der Waals surface area contributed by atoms with Gasteiger partial charge in [0.25, 0.3) is 0 Å². The van der Waals surface area contributed by atoms with Crippen LogP contribution in [0.15, 0.2) is 0 Å². The van der Waals surface area contributed by atoms with Crippen molar-refractivity contribution < 1.29 is 4.79 Å². The molecule has 0 aromatic rings. The molecule has 21 heavy (non-hydrogen) atoms. The van der Waals surface area contributed by atoms with Gasteiger partial charge in [0, 0.05) is 52.2 Å². The Balaban J connectivity index is 1.40. The van der Waals surface area contributed by atoms with Crippen molar-refractivity contribution in [3.05, 3.63) is 0 Å². The van der Waals surface area contributed by atoms with Crippen molar-refractivity contribution in [3.8, 4) is 0 Å². The van der Waals surface area contributed by atoms with Gasteiger partial charge < -0.3 is 9.80 Å². The predicted octanol–water partition coefficient (Wildman–Crippen LogP) is 0.633. The number of amides is 1. The Morgan fingerprint density at radius 3 is 2.24 bits per heavy atom. The van der Waals surface area contributed by atoms with Gasteiger partial charge in [0.1, 0.15) is 0 Å². The molecule has 0 saturated carbocycles. The molecule has 0 aromatic carbocycles. The van der Waals surface area contributed by atoms with Crippen LogP contribution in [0.25, 0.3) is 0 Å². The van der Waals surface area contributed by atoms with Crippen LogP contribution < -0.4 is 5.43 Å². The van der Waals surface area contributed by atoms with Crippen LogP contribution in [0, 0.1) is 17.8 Å². The molecule has 3 aliphatic rings. The molecule has 3 fully saturated rings. The Bertz CT molecular complexity index is 353. The first kappa shape index (κ1) is 15.3. The minimum Gasteiger partial charge on any atom is -0.343 e. The van der Waals surface area contributed by atoms with Crippen LogP contribution in [-0.4, -0.2) is 73.6 Å². The Labute approximate surface area is 128 Å². The van der Waals surface area contributed by atoms with Crippen molar-refractivity contribution in [2.75, 3.05) is 52.9 Å². The van der Waals surface area contributed by atoms with Crippen molar-refractivity contribution in [3.63, 3.8) is 0 Å². The Morgan fingerprint density at radius 1 is 1.10 bits per heavy atom. The molecule has 0 aromatic heterocycles. The van der Waals surface area contributed by atoms with Gasteiger partial charge in [-0.2, -0.15) is 0 Å². The van der Waals surface area contributed by atoms with E-state index < -0.39 is 0 Å². The molecule has 3 rings (SSSR count). The van der Waals surface area contributed by atoms with Crippen molar-refractivity contribution in [2.45, 2.75) is 26.2 Å². The molecule has 0 radical (unpaired) electrons. The van der Waals surface area contributed by atoms with Crippen LogP contribution in [-0.2, 0) is 4.79 Å². The SMILES string of the molecule is CCC(=O)N1CCC(CN2CC3CN(NC)CC3C2)CC1. The molecule has 0 bridgehead atoms. The highest BCUT2D eigenvalue weighted by Gasteiger charge is 2.40. The number of hydrogen-bond donors (Lipinski definition) is 1. The molecule has 3 heterocycles. The van der Waals surface area contributed by atoms with E-state index in [4.69, 9.17) is 0 Å². The number of nitrogens with zero attached hydrogens (tertiary/aromatic N) is 3. The van der Waals surface area contributed by atoms with Crippen LogP contribution in [0.2, 0.25) is 0 Å². The summed E-state index contributed by atoms with van der Waals surface area (Å²) in [6.45, 7) is 10.1. The summed E-state index contributed by atoms with van der Waals surface area (Å²) < 4.78 is 0. The summed E-state index contributed by atoms with van der Waals surface area (Å²) in [7, 11) is 2.03. The molecule has 2 unspecified atom stereocenters. The molecule has 5 nitrogen and oxygen atoms in total. The van der Waals surface area contributed by atoms with Crippen molar-refractivity contribution in [2.24, 2.45) is 17.8 Å². The second-order valence-corrected chi connectivity index (χ2v) is 7.05. The summed E-state index contributed by atoms with van der Waals surface area (Å²) in [5.74, 6) is 2.85. The maximum absolute atomic E-state index is 11.7. The van der Waals surface area contributed by atoms with E-state index in [1.165, 1.54) is 45.6 Å². The minimum atomic E-state index is 0.330. The third kappa shape index (κ3) is 3.41. The quantitative estimate of drug-likeness (QED) is 0.826. The number of carbonyl (C=O) groups excluding carboxylic acids is 1. The van der Waals surface area contributed by atoms with E-state index in [2.05, 4.69) is 20.2 Å². The molecular formula is C16H30N4O. The maximum Gasteiger partial charge on any atom is 0.222 e. The topological polar surface area (TPSA) is 38.8 Å². The lowest BCUT2D eigenvalue weighted by Gasteiger charge is -2.34. The fourth-order valence-electron chi connectivity index (χ4n) is 4.38. The molecule has 0 spiro atoms.